The second-order valence-electron chi connectivity index (χ2n) is 5.04. The summed E-state index contributed by atoms with van der Waals surface area (Å²) in [5.41, 5.74) is -0.151. The summed E-state index contributed by atoms with van der Waals surface area (Å²) < 4.78 is 13.5. The molecule has 5 nitrogen and oxygen atoms in total. The van der Waals surface area contributed by atoms with Gasteiger partial charge in [0.15, 0.2) is 0 Å². The highest BCUT2D eigenvalue weighted by atomic mass is 19.1. The second kappa shape index (κ2) is 5.63. The highest BCUT2D eigenvalue weighted by molar-refractivity contribution is 5.35. The molecule has 0 aromatic heterocycles. The van der Waals surface area contributed by atoms with E-state index in [1.165, 1.54) is 18.2 Å². The lowest BCUT2D eigenvalue weighted by Gasteiger charge is -2.28. The fourth-order valence-corrected chi connectivity index (χ4v) is 2.54. The van der Waals surface area contributed by atoms with Crippen molar-refractivity contribution in [2.45, 2.75) is 37.8 Å². The summed E-state index contributed by atoms with van der Waals surface area (Å²) in [4.78, 5) is 9.78. The van der Waals surface area contributed by atoms with E-state index in [0.29, 0.717) is 12.1 Å². The Hall–Kier alpha value is -1.53. The van der Waals surface area contributed by atoms with E-state index in [1.54, 1.807) is 0 Å². The number of aliphatic hydroxyl groups is 1. The Balaban J connectivity index is 2.03. The topological polar surface area (TPSA) is 75.4 Å². The average Bonchev–Trinajstić information content (AvgIpc) is 2.85. The molecule has 0 spiro atoms. The molecule has 104 valence electrons. The number of hydrogen-bond donors (Lipinski definition) is 2. The number of halogens is 1. The van der Waals surface area contributed by atoms with Crippen molar-refractivity contribution in [1.82, 2.24) is 5.32 Å². The molecule has 2 rings (SSSR count). The molecule has 0 saturated heterocycles. The summed E-state index contributed by atoms with van der Waals surface area (Å²) in [5.74, 6) is -0.825. The zero-order valence-electron chi connectivity index (χ0n) is 10.6. The number of hydrogen-bond acceptors (Lipinski definition) is 4. The van der Waals surface area contributed by atoms with Crippen molar-refractivity contribution in [3.63, 3.8) is 0 Å². The zero-order chi connectivity index (χ0) is 13.9. The first-order valence-corrected chi connectivity index (χ1v) is 6.35. The third kappa shape index (κ3) is 3.08. The van der Waals surface area contributed by atoms with Crippen LogP contribution in [0.25, 0.3) is 0 Å². The standard InChI is InChI=1S/C13H17FN2O3/c14-11-7-10(3-4-12(11)16(18)19)8-15-13(9-17)5-1-2-6-13/h3-4,7,15,17H,1-2,5-6,8-9H2. The van der Waals surface area contributed by atoms with Gasteiger partial charge in [-0.15, -0.1) is 0 Å². The Morgan fingerprint density at radius 3 is 2.63 bits per heavy atom. The number of rotatable bonds is 5. The molecular weight excluding hydrogens is 251 g/mol. The minimum Gasteiger partial charge on any atom is -0.394 e. The molecule has 0 atom stereocenters. The van der Waals surface area contributed by atoms with Gasteiger partial charge in [0.05, 0.1) is 11.5 Å². The van der Waals surface area contributed by atoms with E-state index in [9.17, 15) is 19.6 Å². The smallest absolute Gasteiger partial charge is 0.304 e. The molecule has 0 bridgehead atoms. The van der Waals surface area contributed by atoms with E-state index in [1.807, 2.05) is 0 Å². The Morgan fingerprint density at radius 1 is 1.42 bits per heavy atom. The summed E-state index contributed by atoms with van der Waals surface area (Å²) in [6.45, 7) is 0.456. The summed E-state index contributed by atoms with van der Waals surface area (Å²) in [5, 5.41) is 23.2. The minimum atomic E-state index is -0.825. The van der Waals surface area contributed by atoms with Crippen LogP contribution in [0.2, 0.25) is 0 Å². The zero-order valence-corrected chi connectivity index (χ0v) is 10.6. The van der Waals surface area contributed by atoms with Gasteiger partial charge in [0.25, 0.3) is 0 Å². The Labute approximate surface area is 110 Å². The fraction of sp³-hybridized carbons (Fsp3) is 0.538. The lowest BCUT2D eigenvalue weighted by atomic mass is 9.98. The monoisotopic (exact) mass is 268 g/mol. The van der Waals surface area contributed by atoms with Gasteiger partial charge < -0.3 is 10.4 Å². The van der Waals surface area contributed by atoms with Crippen molar-refractivity contribution < 1.29 is 14.4 Å². The summed E-state index contributed by atoms with van der Waals surface area (Å²) in [6.07, 6.45) is 3.95. The first-order valence-electron chi connectivity index (χ1n) is 6.35. The molecular formula is C13H17FN2O3. The van der Waals surface area contributed by atoms with Crippen LogP contribution in [-0.4, -0.2) is 22.2 Å². The van der Waals surface area contributed by atoms with Crippen molar-refractivity contribution in [3.8, 4) is 0 Å². The van der Waals surface area contributed by atoms with Crippen LogP contribution < -0.4 is 5.32 Å². The molecule has 6 heteroatoms. The Morgan fingerprint density at radius 2 is 2.11 bits per heavy atom. The van der Waals surface area contributed by atoms with Gasteiger partial charge in [-0.25, -0.2) is 0 Å². The molecule has 1 fully saturated rings. The van der Waals surface area contributed by atoms with Crippen LogP contribution in [-0.2, 0) is 6.54 Å². The second-order valence-corrected chi connectivity index (χ2v) is 5.04. The lowest BCUT2D eigenvalue weighted by Crippen LogP contribution is -2.45. The first kappa shape index (κ1) is 13.9. The van der Waals surface area contributed by atoms with Gasteiger partial charge in [-0.05, 0) is 24.5 Å². The number of nitro benzene ring substituents is 1. The predicted octanol–water partition coefficient (Wildman–Crippen LogP) is 2.13. The van der Waals surface area contributed by atoms with Crippen molar-refractivity contribution >= 4 is 5.69 Å². The van der Waals surface area contributed by atoms with E-state index in [0.717, 1.165) is 25.7 Å². The summed E-state index contributed by atoms with van der Waals surface area (Å²) >= 11 is 0. The van der Waals surface area contributed by atoms with Crippen LogP contribution in [0.3, 0.4) is 0 Å². The SMILES string of the molecule is O=[N+]([O-])c1ccc(CNC2(CO)CCCC2)cc1F. The van der Waals surface area contributed by atoms with E-state index in [4.69, 9.17) is 0 Å². The van der Waals surface area contributed by atoms with Crippen molar-refractivity contribution in [1.29, 1.82) is 0 Å². The number of nitro groups is 1. The molecule has 1 aliphatic rings. The summed E-state index contributed by atoms with van der Waals surface area (Å²) in [6, 6.07) is 3.88. The van der Waals surface area contributed by atoms with E-state index in [2.05, 4.69) is 5.32 Å². The van der Waals surface area contributed by atoms with Crippen LogP contribution in [0.4, 0.5) is 10.1 Å². The van der Waals surface area contributed by atoms with Gasteiger partial charge in [0.1, 0.15) is 0 Å². The molecule has 0 heterocycles. The molecule has 0 amide bonds. The van der Waals surface area contributed by atoms with Gasteiger partial charge in [-0.2, -0.15) is 4.39 Å². The molecule has 0 aliphatic heterocycles. The minimum absolute atomic E-state index is 0.0580. The Kier molecular flexibility index (Phi) is 4.11. The van der Waals surface area contributed by atoms with Crippen LogP contribution >= 0.6 is 0 Å². The number of aliphatic hydroxyl groups excluding tert-OH is 1. The van der Waals surface area contributed by atoms with Gasteiger partial charge in [-0.3, -0.25) is 10.1 Å². The van der Waals surface area contributed by atoms with Gasteiger partial charge >= 0.3 is 5.69 Å². The maximum Gasteiger partial charge on any atom is 0.304 e. The van der Waals surface area contributed by atoms with Crippen LogP contribution in [0.1, 0.15) is 31.2 Å². The predicted molar refractivity (Wildman–Crippen MR) is 68.2 cm³/mol. The molecule has 1 aromatic carbocycles. The van der Waals surface area contributed by atoms with Crippen LogP contribution in [0.5, 0.6) is 0 Å². The molecule has 2 N–H and O–H groups in total. The van der Waals surface area contributed by atoms with Gasteiger partial charge in [0, 0.05) is 18.2 Å². The third-order valence-electron chi connectivity index (χ3n) is 3.74. The van der Waals surface area contributed by atoms with Crippen LogP contribution in [0.15, 0.2) is 18.2 Å². The third-order valence-corrected chi connectivity index (χ3v) is 3.74. The van der Waals surface area contributed by atoms with Crippen molar-refractivity contribution in [2.24, 2.45) is 0 Å². The lowest BCUT2D eigenvalue weighted by molar-refractivity contribution is -0.387. The maximum absolute atomic E-state index is 13.5. The highest BCUT2D eigenvalue weighted by Gasteiger charge is 2.32. The number of nitrogens with zero attached hydrogens (tertiary/aromatic N) is 1. The fourth-order valence-electron chi connectivity index (χ4n) is 2.54. The number of nitrogens with one attached hydrogen (secondary N) is 1. The molecule has 19 heavy (non-hydrogen) atoms. The van der Waals surface area contributed by atoms with Crippen molar-refractivity contribution in [2.75, 3.05) is 6.61 Å². The van der Waals surface area contributed by atoms with E-state index < -0.39 is 16.4 Å². The highest BCUT2D eigenvalue weighted by Crippen LogP contribution is 2.29. The molecule has 0 unspecified atom stereocenters. The van der Waals surface area contributed by atoms with Gasteiger partial charge in [-0.1, -0.05) is 18.9 Å². The maximum atomic E-state index is 13.5. The first-order chi connectivity index (χ1) is 9.06. The quantitative estimate of drug-likeness (QED) is 0.633. The molecule has 0 radical (unpaired) electrons. The largest absolute Gasteiger partial charge is 0.394 e. The van der Waals surface area contributed by atoms with Crippen molar-refractivity contribution in [3.05, 3.63) is 39.7 Å². The average molecular weight is 268 g/mol. The van der Waals surface area contributed by atoms with Crippen LogP contribution in [0, 0.1) is 15.9 Å². The molecule has 1 aliphatic carbocycles. The van der Waals surface area contributed by atoms with Gasteiger partial charge in [0.2, 0.25) is 5.82 Å². The normalized spacial score (nSPS) is 17.6. The number of benzene rings is 1. The molecule has 1 aromatic rings. The van der Waals surface area contributed by atoms with E-state index >= 15 is 0 Å². The van der Waals surface area contributed by atoms with E-state index in [-0.39, 0.29) is 12.1 Å². The Bertz CT molecular complexity index is 473. The molecule has 1 saturated carbocycles. The summed E-state index contributed by atoms with van der Waals surface area (Å²) in [7, 11) is 0.